The van der Waals surface area contributed by atoms with Crippen LogP contribution < -0.4 is 0 Å². The van der Waals surface area contributed by atoms with E-state index in [1.807, 2.05) is 54.7 Å². The van der Waals surface area contributed by atoms with Crippen molar-refractivity contribution in [1.82, 2.24) is 0 Å². The van der Waals surface area contributed by atoms with E-state index in [4.69, 9.17) is 14.2 Å². The van der Waals surface area contributed by atoms with Crippen molar-refractivity contribution in [2.45, 2.75) is 252 Å². The average molecular weight is 891 g/mol. The molecule has 1 unspecified atom stereocenters. The molecule has 6 nitrogen and oxygen atoms in total. The average Bonchev–Trinajstić information content (AvgIpc) is 3.29. The third kappa shape index (κ3) is 49.6. The normalized spacial score (nSPS) is 12.7. The lowest BCUT2D eigenvalue weighted by Crippen LogP contribution is -2.30. The lowest BCUT2D eigenvalue weighted by Gasteiger charge is -2.18. The summed E-state index contributed by atoms with van der Waals surface area (Å²) in [6.07, 6.45) is 67.2. The quantitative estimate of drug-likeness (QED) is 0.0199. The Labute approximate surface area is 395 Å². The zero-order valence-corrected chi connectivity index (χ0v) is 41.8. The fourth-order valence-corrected chi connectivity index (χ4v) is 7.23. The largest absolute Gasteiger partial charge is 0.462 e. The highest BCUT2D eigenvalue weighted by Crippen LogP contribution is 2.14. The van der Waals surface area contributed by atoms with E-state index < -0.39 is 6.10 Å². The van der Waals surface area contributed by atoms with E-state index >= 15 is 0 Å². The maximum atomic E-state index is 12.8. The van der Waals surface area contributed by atoms with Crippen molar-refractivity contribution >= 4 is 17.9 Å². The van der Waals surface area contributed by atoms with Crippen LogP contribution in [-0.4, -0.2) is 37.2 Å². The number of carbonyl (C=O) groups excluding carboxylic acids is 3. The van der Waals surface area contributed by atoms with Crippen molar-refractivity contribution in [3.63, 3.8) is 0 Å². The highest BCUT2D eigenvalue weighted by Gasteiger charge is 2.19. The summed E-state index contributed by atoms with van der Waals surface area (Å²) in [5, 5.41) is 0. The number of rotatable bonds is 47. The van der Waals surface area contributed by atoms with Crippen LogP contribution in [0, 0.1) is 0 Å². The molecular weight excluding hydrogens is 793 g/mol. The Morgan fingerprint density at radius 2 is 0.641 bits per heavy atom. The lowest BCUT2D eigenvalue weighted by atomic mass is 10.1. The van der Waals surface area contributed by atoms with Gasteiger partial charge >= 0.3 is 17.9 Å². The fourth-order valence-electron chi connectivity index (χ4n) is 7.23. The Morgan fingerprint density at radius 3 is 1.05 bits per heavy atom. The summed E-state index contributed by atoms with van der Waals surface area (Å²) in [6.45, 7) is 6.42. The van der Waals surface area contributed by atoms with E-state index in [1.54, 1.807) is 0 Å². The minimum atomic E-state index is -0.811. The minimum Gasteiger partial charge on any atom is -0.462 e. The van der Waals surface area contributed by atoms with Gasteiger partial charge in [0, 0.05) is 19.3 Å². The molecule has 6 heteroatoms. The molecule has 0 aliphatic rings. The first-order valence-electron chi connectivity index (χ1n) is 26.7. The van der Waals surface area contributed by atoms with Crippen LogP contribution >= 0.6 is 0 Å². The Balaban J connectivity index is 4.47. The first-order valence-corrected chi connectivity index (χ1v) is 26.7. The monoisotopic (exact) mass is 891 g/mol. The van der Waals surface area contributed by atoms with Crippen LogP contribution in [0.25, 0.3) is 0 Å². The van der Waals surface area contributed by atoms with E-state index in [9.17, 15) is 14.4 Å². The van der Waals surface area contributed by atoms with Gasteiger partial charge in [-0.25, -0.2) is 0 Å². The van der Waals surface area contributed by atoms with Gasteiger partial charge in [0.15, 0.2) is 6.10 Å². The fraction of sp³-hybridized carbons (Fsp3) is 0.707. The van der Waals surface area contributed by atoms with Gasteiger partial charge in [-0.3, -0.25) is 14.4 Å². The van der Waals surface area contributed by atoms with Crippen molar-refractivity contribution in [3.05, 3.63) is 85.1 Å². The molecule has 0 saturated heterocycles. The molecule has 0 fully saturated rings. The number of ether oxygens (including phenoxy) is 3. The summed E-state index contributed by atoms with van der Waals surface area (Å²) in [7, 11) is 0. The topological polar surface area (TPSA) is 78.9 Å². The predicted molar refractivity (Wildman–Crippen MR) is 274 cm³/mol. The minimum absolute atomic E-state index is 0.105. The Bertz CT molecular complexity index is 1250. The molecule has 64 heavy (non-hydrogen) atoms. The number of allylic oxidation sites excluding steroid dienone is 14. The van der Waals surface area contributed by atoms with Crippen LogP contribution in [-0.2, 0) is 28.6 Å². The van der Waals surface area contributed by atoms with Crippen molar-refractivity contribution in [2.24, 2.45) is 0 Å². The van der Waals surface area contributed by atoms with E-state index in [0.717, 1.165) is 64.2 Å². The first kappa shape index (κ1) is 60.6. The molecule has 0 aliphatic heterocycles. The molecule has 1 atom stereocenters. The van der Waals surface area contributed by atoms with E-state index in [1.165, 1.54) is 135 Å². The van der Waals surface area contributed by atoms with E-state index in [0.29, 0.717) is 19.3 Å². The molecule has 0 aromatic rings. The van der Waals surface area contributed by atoms with Gasteiger partial charge in [0.1, 0.15) is 13.2 Å². The highest BCUT2D eigenvalue weighted by molar-refractivity contribution is 5.71. The summed E-state index contributed by atoms with van der Waals surface area (Å²) >= 11 is 0. The summed E-state index contributed by atoms with van der Waals surface area (Å²) in [4.78, 5) is 38.0. The third-order valence-electron chi connectivity index (χ3n) is 11.2. The van der Waals surface area contributed by atoms with Gasteiger partial charge in [-0.05, 0) is 83.5 Å². The Kier molecular flexibility index (Phi) is 49.4. The first-order chi connectivity index (χ1) is 31.5. The number of hydrogen-bond donors (Lipinski definition) is 0. The third-order valence-corrected chi connectivity index (χ3v) is 11.2. The highest BCUT2D eigenvalue weighted by atomic mass is 16.6. The predicted octanol–water partition coefficient (Wildman–Crippen LogP) is 17.6. The number of esters is 3. The molecule has 0 radical (unpaired) electrons. The van der Waals surface area contributed by atoms with Crippen LogP contribution in [0.2, 0.25) is 0 Å². The number of carbonyl (C=O) groups is 3. The molecule has 0 saturated carbocycles. The Morgan fingerprint density at radius 1 is 0.328 bits per heavy atom. The molecule has 0 spiro atoms. The van der Waals surface area contributed by atoms with Crippen molar-refractivity contribution < 1.29 is 28.6 Å². The molecule has 366 valence electrons. The smallest absolute Gasteiger partial charge is 0.306 e. The number of hydrogen-bond acceptors (Lipinski definition) is 6. The second-order valence-corrected chi connectivity index (χ2v) is 17.5. The molecule has 0 amide bonds. The van der Waals surface area contributed by atoms with E-state index in [2.05, 4.69) is 51.2 Å². The summed E-state index contributed by atoms with van der Waals surface area (Å²) in [6, 6.07) is 0. The molecule has 0 bridgehead atoms. The Hall–Kier alpha value is -3.41. The SMILES string of the molecule is CC/C=C/C=C/C=C/C=C/C=C/CCCC(=O)OCC(COC(=O)CCCCCCCCC/C=C/CCCCCCCC)OC(=O)CCCCCCC/C=C/CCCCCCCCC. The van der Waals surface area contributed by atoms with Gasteiger partial charge in [-0.1, -0.05) is 228 Å². The van der Waals surface area contributed by atoms with Gasteiger partial charge in [0.25, 0.3) is 0 Å². The molecule has 0 aliphatic carbocycles. The summed E-state index contributed by atoms with van der Waals surface area (Å²) in [5.41, 5.74) is 0. The summed E-state index contributed by atoms with van der Waals surface area (Å²) < 4.78 is 16.7. The number of unbranched alkanes of at least 4 members (excludes halogenated alkanes) is 26. The lowest BCUT2D eigenvalue weighted by molar-refractivity contribution is -0.167. The molecule has 0 heterocycles. The van der Waals surface area contributed by atoms with Crippen LogP contribution in [0.15, 0.2) is 85.1 Å². The van der Waals surface area contributed by atoms with Gasteiger partial charge in [-0.2, -0.15) is 0 Å². The molecule has 0 rings (SSSR count). The van der Waals surface area contributed by atoms with Gasteiger partial charge in [-0.15, -0.1) is 0 Å². The van der Waals surface area contributed by atoms with Crippen molar-refractivity contribution in [3.8, 4) is 0 Å². The second-order valence-electron chi connectivity index (χ2n) is 17.5. The molecular formula is C58H98O6. The van der Waals surface area contributed by atoms with Crippen molar-refractivity contribution in [2.75, 3.05) is 13.2 Å². The van der Waals surface area contributed by atoms with Crippen LogP contribution in [0.5, 0.6) is 0 Å². The van der Waals surface area contributed by atoms with Gasteiger partial charge in [0.05, 0.1) is 0 Å². The second kappa shape index (κ2) is 52.2. The van der Waals surface area contributed by atoms with Crippen LogP contribution in [0.3, 0.4) is 0 Å². The van der Waals surface area contributed by atoms with Crippen molar-refractivity contribution in [1.29, 1.82) is 0 Å². The van der Waals surface area contributed by atoms with Gasteiger partial charge in [0.2, 0.25) is 0 Å². The zero-order chi connectivity index (χ0) is 46.5. The van der Waals surface area contributed by atoms with Gasteiger partial charge < -0.3 is 14.2 Å². The van der Waals surface area contributed by atoms with E-state index in [-0.39, 0.29) is 37.5 Å². The molecule has 0 aromatic heterocycles. The maximum absolute atomic E-state index is 12.8. The summed E-state index contributed by atoms with van der Waals surface area (Å²) in [5.74, 6) is -0.993. The zero-order valence-electron chi connectivity index (χ0n) is 41.8. The molecule has 0 N–H and O–H groups in total. The molecule has 0 aromatic carbocycles. The van der Waals surface area contributed by atoms with Crippen LogP contribution in [0.4, 0.5) is 0 Å². The van der Waals surface area contributed by atoms with Crippen LogP contribution in [0.1, 0.15) is 245 Å². The maximum Gasteiger partial charge on any atom is 0.306 e. The standard InChI is InChI=1S/C58H98O6/c1-4-7-10-13-16-19-22-25-27-29-31-33-36-39-42-45-48-51-57(60)63-54-55(53-62-56(59)50-47-44-41-38-35-32-24-21-18-15-12-9-6-3)64-58(61)52-49-46-43-40-37-34-30-28-26-23-20-17-14-11-8-5-2/h9,12,15,18,21,24-25,27-28,30,32,35,38,41,55H,4-8,10-11,13-14,16-17,19-20,22-23,26,29,31,33-34,36-37,39-40,42-54H2,1-3H3/b12-9+,18-15+,24-21+,27-25+,30-28+,35-32+,41-38+.